The molecule has 1 amide bonds. The first-order valence-electron chi connectivity index (χ1n) is 8.62. The van der Waals surface area contributed by atoms with Gasteiger partial charge in [0.1, 0.15) is 5.58 Å². The van der Waals surface area contributed by atoms with Crippen molar-refractivity contribution in [1.29, 1.82) is 0 Å². The van der Waals surface area contributed by atoms with Gasteiger partial charge < -0.3 is 4.42 Å². The van der Waals surface area contributed by atoms with Crippen LogP contribution < -0.4 is 10.3 Å². The van der Waals surface area contributed by atoms with E-state index in [2.05, 4.69) is 5.43 Å². The number of carbonyl (C=O) groups excluding carboxylic acids is 1. The number of nitro groups is 1. The van der Waals surface area contributed by atoms with Crippen molar-refractivity contribution in [2.45, 2.75) is 32.1 Å². The molecule has 0 radical (unpaired) electrons. The Hall–Kier alpha value is -3.24. The molecule has 0 atom stereocenters. The van der Waals surface area contributed by atoms with Crippen LogP contribution in [0.1, 0.15) is 22.3 Å². The summed E-state index contributed by atoms with van der Waals surface area (Å²) in [7, 11) is -4.17. The summed E-state index contributed by atoms with van der Waals surface area (Å²) >= 11 is 0. The van der Waals surface area contributed by atoms with Crippen molar-refractivity contribution in [3.63, 3.8) is 0 Å². The fourth-order valence-corrected chi connectivity index (χ4v) is 3.76. The smallest absolute Gasteiger partial charge is 0.273 e. The molecular weight excluding hydrogens is 398 g/mol. The topological polar surface area (TPSA) is 132 Å². The minimum atomic E-state index is -4.17. The van der Waals surface area contributed by atoms with Gasteiger partial charge in [-0.25, -0.2) is 8.42 Å². The van der Waals surface area contributed by atoms with Crippen LogP contribution in [0.15, 0.2) is 45.9 Å². The number of sulfonamides is 1. The molecule has 3 aromatic rings. The van der Waals surface area contributed by atoms with Crippen LogP contribution in [-0.2, 0) is 21.2 Å². The number of benzene rings is 2. The zero-order valence-corrected chi connectivity index (χ0v) is 16.8. The van der Waals surface area contributed by atoms with E-state index in [1.165, 1.54) is 25.3 Å². The third-order valence-electron chi connectivity index (χ3n) is 4.71. The summed E-state index contributed by atoms with van der Waals surface area (Å²) in [6.45, 7) is 5.37. The lowest BCUT2D eigenvalue weighted by atomic mass is 10.0. The summed E-state index contributed by atoms with van der Waals surface area (Å²) in [5.74, 6) is -0.601. The normalized spacial score (nSPS) is 11.6. The second-order valence-electron chi connectivity index (χ2n) is 6.68. The molecule has 10 heteroatoms. The number of amides is 1. The van der Waals surface area contributed by atoms with Crippen molar-refractivity contribution in [2.75, 3.05) is 0 Å². The molecule has 3 rings (SSSR count). The molecule has 29 heavy (non-hydrogen) atoms. The van der Waals surface area contributed by atoms with Gasteiger partial charge in [0.2, 0.25) is 5.91 Å². The van der Waals surface area contributed by atoms with Crippen molar-refractivity contribution in [1.82, 2.24) is 10.3 Å². The van der Waals surface area contributed by atoms with E-state index in [0.29, 0.717) is 16.7 Å². The predicted molar refractivity (Wildman–Crippen MR) is 106 cm³/mol. The van der Waals surface area contributed by atoms with E-state index in [4.69, 9.17) is 4.42 Å². The predicted octanol–water partition coefficient (Wildman–Crippen LogP) is 2.82. The van der Waals surface area contributed by atoms with E-state index in [9.17, 15) is 23.3 Å². The van der Waals surface area contributed by atoms with Gasteiger partial charge in [0, 0.05) is 22.6 Å². The minimum absolute atomic E-state index is 0.105. The van der Waals surface area contributed by atoms with Gasteiger partial charge in [-0.15, -0.1) is 4.83 Å². The lowest BCUT2D eigenvalue weighted by Gasteiger charge is -2.09. The highest BCUT2D eigenvalue weighted by molar-refractivity contribution is 7.89. The average molecular weight is 417 g/mol. The number of hydrazine groups is 1. The fraction of sp³-hybridized carbons (Fsp3) is 0.211. The average Bonchev–Trinajstić information content (AvgIpc) is 3.06. The maximum Gasteiger partial charge on any atom is 0.273 e. The largest absolute Gasteiger partial charge is 0.464 e. The van der Waals surface area contributed by atoms with Gasteiger partial charge in [-0.3, -0.25) is 20.3 Å². The molecule has 2 aromatic carbocycles. The number of carbonyl (C=O) groups is 1. The summed E-state index contributed by atoms with van der Waals surface area (Å²) in [5.41, 5.74) is 5.45. The molecule has 9 nitrogen and oxygen atoms in total. The molecule has 0 saturated carbocycles. The summed E-state index contributed by atoms with van der Waals surface area (Å²) in [4.78, 5) is 24.2. The van der Waals surface area contributed by atoms with E-state index in [0.717, 1.165) is 22.6 Å². The van der Waals surface area contributed by atoms with Crippen LogP contribution in [0.5, 0.6) is 0 Å². The Bertz CT molecular complexity index is 1230. The number of nitrogens with zero attached hydrogens (tertiary/aromatic N) is 1. The Morgan fingerprint density at radius 2 is 1.83 bits per heavy atom. The molecule has 0 aliphatic rings. The van der Waals surface area contributed by atoms with Crippen LogP contribution in [0.2, 0.25) is 0 Å². The highest BCUT2D eigenvalue weighted by Crippen LogP contribution is 2.27. The van der Waals surface area contributed by atoms with Crippen LogP contribution in [0.3, 0.4) is 0 Å². The minimum Gasteiger partial charge on any atom is -0.464 e. The summed E-state index contributed by atoms with van der Waals surface area (Å²) < 4.78 is 30.2. The van der Waals surface area contributed by atoms with E-state index < -0.39 is 20.9 Å². The van der Waals surface area contributed by atoms with Gasteiger partial charge in [-0.1, -0.05) is 18.2 Å². The van der Waals surface area contributed by atoms with Crippen molar-refractivity contribution in [2.24, 2.45) is 0 Å². The van der Waals surface area contributed by atoms with E-state index >= 15 is 0 Å². The molecule has 152 valence electrons. The first kappa shape index (κ1) is 20.5. The van der Waals surface area contributed by atoms with Crippen LogP contribution in [0.25, 0.3) is 11.0 Å². The second kappa shape index (κ2) is 7.64. The molecule has 0 unspecified atom stereocenters. The molecule has 1 heterocycles. The first-order valence-corrected chi connectivity index (χ1v) is 10.1. The third kappa shape index (κ3) is 4.13. The number of fused-ring (bicyclic) bond motifs is 1. The molecule has 0 bridgehead atoms. The summed E-state index contributed by atoms with van der Waals surface area (Å²) in [6.07, 6.45) is 1.36. The lowest BCUT2D eigenvalue weighted by Crippen LogP contribution is -2.42. The number of nitrogens with one attached hydrogen (secondary N) is 2. The molecule has 1 aromatic heterocycles. The Morgan fingerprint density at radius 1 is 1.14 bits per heavy atom. The molecule has 0 saturated heterocycles. The molecule has 0 spiro atoms. The van der Waals surface area contributed by atoms with Crippen LogP contribution in [0.4, 0.5) is 5.69 Å². The second-order valence-corrected chi connectivity index (χ2v) is 8.36. The number of aryl methyl sites for hydroxylation is 3. The Balaban J connectivity index is 1.73. The van der Waals surface area contributed by atoms with E-state index in [1.54, 1.807) is 0 Å². The Morgan fingerprint density at radius 3 is 2.52 bits per heavy atom. The highest BCUT2D eigenvalue weighted by atomic mass is 32.2. The molecule has 0 fully saturated rings. The summed E-state index contributed by atoms with van der Waals surface area (Å²) in [6, 6.07) is 7.27. The van der Waals surface area contributed by atoms with Crippen LogP contribution in [0, 0.1) is 30.9 Å². The molecule has 2 N–H and O–H groups in total. The third-order valence-corrected chi connectivity index (χ3v) is 5.95. The quantitative estimate of drug-likeness (QED) is 0.468. The van der Waals surface area contributed by atoms with Gasteiger partial charge >= 0.3 is 0 Å². The first-order chi connectivity index (χ1) is 13.6. The standard InChI is InChI=1S/C19H19N3O6S/c1-11-5-7-16-14(10-28-19(16)13(11)3)8-18(23)20-21-29(26,27)15-6-4-12(2)17(9-15)22(24)25/h4-7,9-10,21H,8H2,1-3H3,(H,20,23). The van der Waals surface area contributed by atoms with Crippen LogP contribution in [-0.4, -0.2) is 19.2 Å². The lowest BCUT2D eigenvalue weighted by molar-refractivity contribution is -0.385. The Kier molecular flexibility index (Phi) is 5.40. The zero-order valence-electron chi connectivity index (χ0n) is 16.0. The molecule has 0 aliphatic carbocycles. The van der Waals surface area contributed by atoms with Crippen molar-refractivity contribution in [3.05, 3.63) is 69.0 Å². The molecule has 0 aliphatic heterocycles. The van der Waals surface area contributed by atoms with Crippen LogP contribution >= 0.6 is 0 Å². The van der Waals surface area contributed by atoms with E-state index in [1.807, 2.05) is 30.8 Å². The van der Waals surface area contributed by atoms with Gasteiger partial charge in [-0.05, 0) is 38.0 Å². The maximum atomic E-state index is 12.4. The van der Waals surface area contributed by atoms with Crippen molar-refractivity contribution >= 4 is 32.6 Å². The molecular formula is C19H19N3O6S. The number of rotatable bonds is 6. The van der Waals surface area contributed by atoms with Gasteiger partial charge in [-0.2, -0.15) is 0 Å². The van der Waals surface area contributed by atoms with Gasteiger partial charge in [0.25, 0.3) is 15.7 Å². The maximum absolute atomic E-state index is 12.4. The highest BCUT2D eigenvalue weighted by Gasteiger charge is 2.21. The zero-order chi connectivity index (χ0) is 21.3. The fourth-order valence-electron chi connectivity index (χ4n) is 2.88. The monoisotopic (exact) mass is 417 g/mol. The van der Waals surface area contributed by atoms with Crippen molar-refractivity contribution < 1.29 is 22.6 Å². The number of furan rings is 1. The number of nitro benzene ring substituents is 1. The van der Waals surface area contributed by atoms with Crippen molar-refractivity contribution in [3.8, 4) is 0 Å². The number of hydrogen-bond acceptors (Lipinski definition) is 6. The van der Waals surface area contributed by atoms with E-state index in [-0.39, 0.29) is 17.0 Å². The Labute approximate surface area is 166 Å². The van der Waals surface area contributed by atoms with Gasteiger partial charge in [0.15, 0.2) is 0 Å². The number of hydrogen-bond donors (Lipinski definition) is 2. The van der Waals surface area contributed by atoms with Gasteiger partial charge in [0.05, 0.1) is 22.5 Å². The summed E-state index contributed by atoms with van der Waals surface area (Å²) in [5, 5.41) is 11.8. The SMILES string of the molecule is Cc1ccc(S(=O)(=O)NNC(=O)Cc2coc3c(C)c(C)ccc23)cc1[N+](=O)[O-].